The first kappa shape index (κ1) is 21.7. The summed E-state index contributed by atoms with van der Waals surface area (Å²) in [6, 6.07) is 9.22. The molecule has 0 aliphatic carbocycles. The Balaban J connectivity index is 1.48. The van der Waals surface area contributed by atoms with E-state index in [1.54, 1.807) is 10.6 Å². The van der Waals surface area contributed by atoms with Gasteiger partial charge in [0.25, 0.3) is 0 Å². The number of benzene rings is 1. The Morgan fingerprint density at radius 1 is 0.567 bits per heavy atom. The minimum atomic E-state index is -0.462. The maximum absolute atomic E-state index is 6.36. The monoisotopic (exact) mass is 450 g/mol. The molecular formula is C24H36O4P2. The van der Waals surface area contributed by atoms with Gasteiger partial charge < -0.3 is 18.9 Å². The van der Waals surface area contributed by atoms with Crippen molar-refractivity contribution in [2.45, 2.75) is 114 Å². The van der Waals surface area contributed by atoms with Crippen LogP contribution in [0.2, 0.25) is 0 Å². The molecule has 4 aliphatic rings. The summed E-state index contributed by atoms with van der Waals surface area (Å²) in [4.78, 5) is 0. The SMILES string of the molecule is C[C@@H]1C2OC(C)(C)O[C@@H]2[C@@H](C)P1c1ccccc1P1[C@H](C)C2OC(C)(C)O[C@@H]2[C@H]1C. The molecule has 4 heterocycles. The molecule has 30 heavy (non-hydrogen) atoms. The molecule has 4 unspecified atom stereocenters. The first-order valence-electron chi connectivity index (χ1n) is 11.4. The van der Waals surface area contributed by atoms with E-state index in [1.165, 1.54) is 0 Å². The first-order valence-corrected chi connectivity index (χ1v) is 14.3. The zero-order valence-electron chi connectivity index (χ0n) is 19.5. The third-order valence-electron chi connectivity index (χ3n) is 7.42. The average Bonchev–Trinajstić information content (AvgIpc) is 3.29. The van der Waals surface area contributed by atoms with Crippen molar-refractivity contribution in [2.75, 3.05) is 0 Å². The molecular weight excluding hydrogens is 414 g/mol. The van der Waals surface area contributed by atoms with Crippen LogP contribution in [0.4, 0.5) is 0 Å². The molecule has 0 amide bonds. The van der Waals surface area contributed by atoms with E-state index in [-0.39, 0.29) is 40.3 Å². The summed E-state index contributed by atoms with van der Waals surface area (Å²) in [6.45, 7) is 17.7. The van der Waals surface area contributed by atoms with Gasteiger partial charge in [-0.1, -0.05) is 67.8 Å². The predicted molar refractivity (Wildman–Crippen MR) is 125 cm³/mol. The molecule has 6 heteroatoms. The number of ether oxygens (including phenoxy) is 4. The minimum Gasteiger partial charge on any atom is -0.344 e. The number of hydrogen-bond acceptors (Lipinski definition) is 4. The first-order chi connectivity index (χ1) is 14.0. The van der Waals surface area contributed by atoms with Crippen LogP contribution in [0.3, 0.4) is 0 Å². The van der Waals surface area contributed by atoms with Crippen molar-refractivity contribution in [3.05, 3.63) is 24.3 Å². The standard InChI is InChI=1S/C24H36O4P2/c1-13-19-20(26-23(5,6)25-19)14(2)29(13)17-11-9-10-12-18(17)30-15(3)21-22(16(30)4)28-24(7,8)27-21/h9-16,19-22H,1-8H3/t13-,14-,15-,16-,19-,20?,21-,22?,29?,30?/m1/s1. The Morgan fingerprint density at radius 2 is 0.833 bits per heavy atom. The fraction of sp³-hybridized carbons (Fsp3) is 0.750. The lowest BCUT2D eigenvalue weighted by Gasteiger charge is -2.33. The molecule has 4 nitrogen and oxygen atoms in total. The smallest absolute Gasteiger partial charge is 0.163 e. The molecule has 5 rings (SSSR count). The fourth-order valence-corrected chi connectivity index (χ4v) is 13.6. The zero-order chi connectivity index (χ0) is 21.6. The Labute approximate surface area is 183 Å². The summed E-state index contributed by atoms with van der Waals surface area (Å²) < 4.78 is 25.4. The Hall–Kier alpha value is -0.0800. The van der Waals surface area contributed by atoms with E-state index in [1.807, 2.05) is 27.7 Å². The lowest BCUT2D eigenvalue weighted by molar-refractivity contribution is -0.147. The minimum absolute atomic E-state index is 0.201. The number of rotatable bonds is 2. The third kappa shape index (κ3) is 3.25. The summed E-state index contributed by atoms with van der Waals surface area (Å²) in [7, 11) is -0.723. The van der Waals surface area contributed by atoms with Crippen LogP contribution in [-0.4, -0.2) is 58.6 Å². The van der Waals surface area contributed by atoms with Gasteiger partial charge in [0.2, 0.25) is 0 Å². The maximum Gasteiger partial charge on any atom is 0.163 e. The summed E-state index contributed by atoms with van der Waals surface area (Å²) >= 11 is 0. The lowest BCUT2D eigenvalue weighted by atomic mass is 10.1. The average molecular weight is 450 g/mol. The predicted octanol–water partition coefficient (Wildman–Crippen LogP) is 4.52. The van der Waals surface area contributed by atoms with E-state index in [0.717, 1.165) is 0 Å². The molecule has 0 saturated carbocycles. The van der Waals surface area contributed by atoms with Gasteiger partial charge in [-0.2, -0.15) is 0 Å². The summed E-state index contributed by atoms with van der Waals surface area (Å²) in [5.74, 6) is -0.924. The molecule has 0 N–H and O–H groups in total. The third-order valence-corrected chi connectivity index (χ3v) is 14.2. The Bertz CT molecular complexity index is 720. The highest BCUT2D eigenvalue weighted by Gasteiger charge is 2.58. The zero-order valence-corrected chi connectivity index (χ0v) is 21.2. The van der Waals surface area contributed by atoms with Gasteiger partial charge in [0.15, 0.2) is 11.6 Å². The highest BCUT2D eigenvalue weighted by Crippen LogP contribution is 2.63. The van der Waals surface area contributed by atoms with E-state index >= 15 is 0 Å². The Morgan fingerprint density at radius 3 is 1.10 bits per heavy atom. The number of fused-ring (bicyclic) bond motifs is 2. The van der Waals surface area contributed by atoms with Gasteiger partial charge in [-0.05, 0) is 38.3 Å². The molecule has 10 atom stereocenters. The maximum atomic E-state index is 6.36. The van der Waals surface area contributed by atoms with Crippen LogP contribution in [0, 0.1) is 0 Å². The highest BCUT2D eigenvalue weighted by atomic mass is 31.1. The molecule has 1 aromatic rings. The van der Waals surface area contributed by atoms with Gasteiger partial charge in [0, 0.05) is 22.6 Å². The van der Waals surface area contributed by atoms with E-state index in [0.29, 0.717) is 22.6 Å². The normalized spacial score (nSPS) is 48.7. The second-order valence-corrected chi connectivity index (χ2v) is 16.2. The summed E-state index contributed by atoms with van der Waals surface area (Å²) in [6.07, 6.45) is 0.805. The second kappa shape index (κ2) is 7.21. The molecule has 166 valence electrons. The van der Waals surface area contributed by atoms with Gasteiger partial charge in [0.05, 0.1) is 24.4 Å². The van der Waals surface area contributed by atoms with Crippen LogP contribution in [0.5, 0.6) is 0 Å². The van der Waals surface area contributed by atoms with Gasteiger partial charge >= 0.3 is 0 Å². The van der Waals surface area contributed by atoms with Crippen molar-refractivity contribution in [3.8, 4) is 0 Å². The topological polar surface area (TPSA) is 36.9 Å². The quantitative estimate of drug-likeness (QED) is 0.621. The molecule has 4 fully saturated rings. The van der Waals surface area contributed by atoms with Gasteiger partial charge in [-0.3, -0.25) is 0 Å². The van der Waals surface area contributed by atoms with Crippen LogP contribution < -0.4 is 10.6 Å². The summed E-state index contributed by atoms with van der Waals surface area (Å²) in [5, 5.41) is 3.13. The second-order valence-electron chi connectivity index (χ2n) is 10.4. The molecule has 1 aromatic carbocycles. The molecule has 0 aromatic heterocycles. The van der Waals surface area contributed by atoms with Crippen molar-refractivity contribution < 1.29 is 18.9 Å². The fourth-order valence-electron chi connectivity index (χ4n) is 6.28. The molecule has 0 spiro atoms. The van der Waals surface area contributed by atoms with Crippen molar-refractivity contribution in [1.29, 1.82) is 0 Å². The largest absolute Gasteiger partial charge is 0.344 e. The van der Waals surface area contributed by atoms with E-state index in [9.17, 15) is 0 Å². The van der Waals surface area contributed by atoms with Crippen LogP contribution in [0.25, 0.3) is 0 Å². The van der Waals surface area contributed by atoms with Crippen molar-refractivity contribution in [1.82, 2.24) is 0 Å². The van der Waals surface area contributed by atoms with Crippen LogP contribution in [-0.2, 0) is 18.9 Å². The van der Waals surface area contributed by atoms with Crippen LogP contribution >= 0.6 is 15.8 Å². The number of hydrogen-bond donors (Lipinski definition) is 0. The van der Waals surface area contributed by atoms with Crippen LogP contribution in [0.15, 0.2) is 24.3 Å². The van der Waals surface area contributed by atoms with Crippen molar-refractivity contribution >= 4 is 26.5 Å². The highest BCUT2D eigenvalue weighted by molar-refractivity contribution is 7.73. The molecule has 0 radical (unpaired) electrons. The Kier molecular flexibility index (Phi) is 5.23. The van der Waals surface area contributed by atoms with E-state index < -0.39 is 11.6 Å². The lowest BCUT2D eigenvalue weighted by Crippen LogP contribution is -2.34. The molecule has 0 bridgehead atoms. The summed E-state index contributed by atoms with van der Waals surface area (Å²) in [5.41, 5.74) is 1.99. The van der Waals surface area contributed by atoms with Gasteiger partial charge in [0.1, 0.15) is 0 Å². The van der Waals surface area contributed by atoms with Gasteiger partial charge in [-0.15, -0.1) is 0 Å². The van der Waals surface area contributed by atoms with Crippen molar-refractivity contribution in [2.24, 2.45) is 0 Å². The van der Waals surface area contributed by atoms with Gasteiger partial charge in [-0.25, -0.2) is 0 Å². The van der Waals surface area contributed by atoms with E-state index in [4.69, 9.17) is 18.9 Å². The van der Waals surface area contributed by atoms with E-state index in [2.05, 4.69) is 52.0 Å². The van der Waals surface area contributed by atoms with Crippen LogP contribution in [0.1, 0.15) is 55.4 Å². The molecule has 4 saturated heterocycles. The molecule has 4 aliphatic heterocycles. The van der Waals surface area contributed by atoms with Crippen molar-refractivity contribution in [3.63, 3.8) is 0 Å².